The molecular weight excluding hydrogens is 280 g/mol. The largest absolute Gasteiger partial charge is 0.378 e. The van der Waals surface area contributed by atoms with E-state index in [1.165, 1.54) is 33.3 Å². The molecule has 0 N–H and O–H groups in total. The third-order valence-electron chi connectivity index (χ3n) is 4.48. The molecule has 3 rings (SSSR count). The predicted molar refractivity (Wildman–Crippen MR) is 103 cm³/mol. The molecule has 0 spiro atoms. The highest BCUT2D eigenvalue weighted by Gasteiger charge is 2.09. The van der Waals surface area contributed by atoms with Crippen molar-refractivity contribution >= 4 is 22.1 Å². The van der Waals surface area contributed by atoms with Crippen molar-refractivity contribution in [1.82, 2.24) is 0 Å². The fraction of sp³-hybridized carbons (Fsp3) is 0.238. The van der Waals surface area contributed by atoms with Crippen molar-refractivity contribution in [3.8, 4) is 11.1 Å². The van der Waals surface area contributed by atoms with Crippen molar-refractivity contribution in [1.29, 1.82) is 0 Å². The third-order valence-corrected chi connectivity index (χ3v) is 4.48. The fourth-order valence-corrected chi connectivity index (χ4v) is 2.98. The third kappa shape index (κ3) is 2.89. The number of fused-ring (bicyclic) bond motifs is 1. The zero-order valence-corrected chi connectivity index (χ0v) is 14.4. The van der Waals surface area contributed by atoms with Crippen LogP contribution in [0.5, 0.6) is 0 Å². The Hall–Kier alpha value is -2.48. The molecule has 2 nitrogen and oxygen atoms in total. The van der Waals surface area contributed by atoms with Crippen LogP contribution in [0.1, 0.15) is 6.92 Å². The van der Waals surface area contributed by atoms with Gasteiger partial charge in [0.2, 0.25) is 0 Å². The monoisotopic (exact) mass is 304 g/mol. The summed E-state index contributed by atoms with van der Waals surface area (Å²) in [5.74, 6) is 0. The van der Waals surface area contributed by atoms with E-state index < -0.39 is 0 Å². The van der Waals surface area contributed by atoms with Crippen LogP contribution < -0.4 is 9.80 Å². The van der Waals surface area contributed by atoms with Crippen molar-refractivity contribution in [3.05, 3.63) is 60.7 Å². The van der Waals surface area contributed by atoms with E-state index >= 15 is 0 Å². The van der Waals surface area contributed by atoms with Crippen molar-refractivity contribution in [3.63, 3.8) is 0 Å². The summed E-state index contributed by atoms with van der Waals surface area (Å²) in [6, 6.07) is 21.9. The van der Waals surface area contributed by atoms with E-state index in [0.717, 1.165) is 6.54 Å². The van der Waals surface area contributed by atoms with E-state index in [2.05, 4.69) is 98.5 Å². The average Bonchev–Trinajstić information content (AvgIpc) is 2.60. The molecule has 0 radical (unpaired) electrons. The maximum absolute atomic E-state index is 2.29. The minimum absolute atomic E-state index is 1.00. The molecule has 0 saturated heterocycles. The lowest BCUT2D eigenvalue weighted by molar-refractivity contribution is 0.974. The van der Waals surface area contributed by atoms with Gasteiger partial charge in [0.1, 0.15) is 0 Å². The molecule has 0 aliphatic rings. The Balaban J connectivity index is 2.15. The lowest BCUT2D eigenvalue weighted by Crippen LogP contribution is -2.16. The number of rotatable bonds is 4. The molecule has 23 heavy (non-hydrogen) atoms. The molecular formula is C21H24N2. The van der Waals surface area contributed by atoms with Gasteiger partial charge >= 0.3 is 0 Å². The SMILES string of the molecule is CCN(C)c1ccc(-c2ccc(N(C)C)cc2)c2ccccc12. The van der Waals surface area contributed by atoms with Gasteiger partial charge in [0.15, 0.2) is 0 Å². The molecule has 0 amide bonds. The first kappa shape index (κ1) is 15.4. The molecule has 0 saturated carbocycles. The summed E-state index contributed by atoms with van der Waals surface area (Å²) in [4.78, 5) is 4.42. The highest BCUT2D eigenvalue weighted by molar-refractivity contribution is 6.03. The summed E-state index contributed by atoms with van der Waals surface area (Å²) in [6.07, 6.45) is 0. The van der Waals surface area contributed by atoms with Crippen LogP contribution in [0.25, 0.3) is 21.9 Å². The zero-order valence-electron chi connectivity index (χ0n) is 14.4. The molecule has 0 heterocycles. The summed E-state index contributed by atoms with van der Waals surface area (Å²) in [5.41, 5.74) is 5.06. The molecule has 2 heteroatoms. The second-order valence-corrected chi connectivity index (χ2v) is 6.13. The Morgan fingerprint density at radius 2 is 1.39 bits per heavy atom. The van der Waals surface area contributed by atoms with Gasteiger partial charge in [0.25, 0.3) is 0 Å². The van der Waals surface area contributed by atoms with Crippen LogP contribution in [-0.4, -0.2) is 27.7 Å². The first-order valence-electron chi connectivity index (χ1n) is 8.12. The second kappa shape index (κ2) is 6.33. The first-order chi connectivity index (χ1) is 11.1. The Kier molecular flexibility index (Phi) is 4.24. The van der Waals surface area contributed by atoms with Gasteiger partial charge in [0, 0.05) is 44.4 Å². The minimum atomic E-state index is 1.00. The smallest absolute Gasteiger partial charge is 0.0443 e. The Morgan fingerprint density at radius 1 is 0.739 bits per heavy atom. The summed E-state index contributed by atoms with van der Waals surface area (Å²) >= 11 is 0. The van der Waals surface area contributed by atoms with Crippen molar-refractivity contribution in [2.24, 2.45) is 0 Å². The molecule has 0 fully saturated rings. The molecule has 0 aromatic heterocycles. The average molecular weight is 304 g/mol. The lowest BCUT2D eigenvalue weighted by atomic mass is 9.96. The number of nitrogens with zero attached hydrogens (tertiary/aromatic N) is 2. The van der Waals surface area contributed by atoms with Gasteiger partial charge in [0.05, 0.1) is 0 Å². The summed E-state index contributed by atoms with van der Waals surface area (Å²) in [7, 11) is 6.28. The number of hydrogen-bond acceptors (Lipinski definition) is 2. The van der Waals surface area contributed by atoms with E-state index in [9.17, 15) is 0 Å². The molecule has 118 valence electrons. The first-order valence-corrected chi connectivity index (χ1v) is 8.12. The van der Waals surface area contributed by atoms with E-state index in [0.29, 0.717) is 0 Å². The normalized spacial score (nSPS) is 10.8. The molecule has 0 aliphatic heterocycles. The van der Waals surface area contributed by atoms with Crippen LogP contribution in [0.3, 0.4) is 0 Å². The summed E-state index contributed by atoms with van der Waals surface area (Å²) in [5, 5.41) is 2.62. The summed E-state index contributed by atoms with van der Waals surface area (Å²) in [6.45, 7) is 3.18. The standard InChI is InChI=1S/C21H24N2/c1-5-23(4)21-15-14-18(19-8-6-7-9-20(19)21)16-10-12-17(13-11-16)22(2)3/h6-15H,5H2,1-4H3. The van der Waals surface area contributed by atoms with Crippen molar-refractivity contribution in [2.45, 2.75) is 6.92 Å². The van der Waals surface area contributed by atoms with Crippen LogP contribution in [-0.2, 0) is 0 Å². The van der Waals surface area contributed by atoms with E-state index in [1.807, 2.05) is 0 Å². The number of anilines is 2. The fourth-order valence-electron chi connectivity index (χ4n) is 2.98. The van der Waals surface area contributed by atoms with Crippen LogP contribution in [0, 0.1) is 0 Å². The van der Waals surface area contributed by atoms with Gasteiger partial charge < -0.3 is 9.80 Å². The Morgan fingerprint density at radius 3 is 2.00 bits per heavy atom. The Bertz CT molecular complexity index is 804. The van der Waals surface area contributed by atoms with Gasteiger partial charge in [-0.25, -0.2) is 0 Å². The lowest BCUT2D eigenvalue weighted by Gasteiger charge is -2.21. The molecule has 0 unspecified atom stereocenters. The summed E-state index contributed by atoms with van der Waals surface area (Å²) < 4.78 is 0. The van der Waals surface area contributed by atoms with Crippen LogP contribution >= 0.6 is 0 Å². The molecule has 0 aliphatic carbocycles. The molecule has 3 aromatic carbocycles. The van der Waals surface area contributed by atoms with Crippen LogP contribution in [0.2, 0.25) is 0 Å². The van der Waals surface area contributed by atoms with Gasteiger partial charge in [-0.2, -0.15) is 0 Å². The second-order valence-electron chi connectivity index (χ2n) is 6.13. The van der Waals surface area contributed by atoms with Gasteiger partial charge in [-0.3, -0.25) is 0 Å². The van der Waals surface area contributed by atoms with E-state index in [4.69, 9.17) is 0 Å². The molecule has 0 atom stereocenters. The highest BCUT2D eigenvalue weighted by Crippen LogP contribution is 2.35. The number of benzene rings is 3. The topological polar surface area (TPSA) is 6.48 Å². The minimum Gasteiger partial charge on any atom is -0.378 e. The highest BCUT2D eigenvalue weighted by atomic mass is 15.1. The van der Waals surface area contributed by atoms with Gasteiger partial charge in [-0.15, -0.1) is 0 Å². The molecule has 0 bridgehead atoms. The zero-order chi connectivity index (χ0) is 16.4. The van der Waals surface area contributed by atoms with E-state index in [-0.39, 0.29) is 0 Å². The molecule has 3 aromatic rings. The van der Waals surface area contributed by atoms with Crippen molar-refractivity contribution in [2.75, 3.05) is 37.5 Å². The number of hydrogen-bond donors (Lipinski definition) is 0. The maximum Gasteiger partial charge on any atom is 0.0443 e. The van der Waals surface area contributed by atoms with E-state index in [1.54, 1.807) is 0 Å². The Labute approximate surface area is 139 Å². The quantitative estimate of drug-likeness (QED) is 0.667. The van der Waals surface area contributed by atoms with Gasteiger partial charge in [-0.1, -0.05) is 42.5 Å². The maximum atomic E-state index is 2.29. The van der Waals surface area contributed by atoms with Gasteiger partial charge in [-0.05, 0) is 41.6 Å². The van der Waals surface area contributed by atoms with Crippen molar-refractivity contribution < 1.29 is 0 Å². The van der Waals surface area contributed by atoms with Crippen LogP contribution in [0.4, 0.5) is 11.4 Å². The van der Waals surface area contributed by atoms with Crippen LogP contribution in [0.15, 0.2) is 60.7 Å². The predicted octanol–water partition coefficient (Wildman–Crippen LogP) is 5.03.